The fourth-order valence-corrected chi connectivity index (χ4v) is 0.991. The van der Waals surface area contributed by atoms with Crippen molar-refractivity contribution in [2.75, 3.05) is 6.54 Å². The first-order chi connectivity index (χ1) is 5.85. The summed E-state index contributed by atoms with van der Waals surface area (Å²) in [5.41, 5.74) is 1.32. The van der Waals surface area contributed by atoms with Gasteiger partial charge in [-0.15, -0.1) is 0 Å². The summed E-state index contributed by atoms with van der Waals surface area (Å²) in [7, 11) is 0. The average Bonchev–Trinajstić information content (AvgIpc) is 2.10. The van der Waals surface area contributed by atoms with Gasteiger partial charge < -0.3 is 5.32 Å². The largest absolute Gasteiger partial charge is 0.359 e. The van der Waals surface area contributed by atoms with Crippen LogP contribution in [-0.4, -0.2) is 13.0 Å². The van der Waals surface area contributed by atoms with E-state index in [1.165, 1.54) is 5.57 Å². The Balaban J connectivity index is 3.52. The Labute approximate surface area is 74.4 Å². The highest BCUT2D eigenvalue weighted by atomic mass is 16.1. The summed E-state index contributed by atoms with van der Waals surface area (Å²) in [6.45, 7) is 4.80. The van der Waals surface area contributed by atoms with Gasteiger partial charge in [0.2, 0.25) is 6.41 Å². The van der Waals surface area contributed by atoms with Crippen LogP contribution >= 0.6 is 0 Å². The molecule has 0 saturated carbocycles. The number of carbonyl (C=O) groups excluding carboxylic acids is 1. The van der Waals surface area contributed by atoms with Crippen molar-refractivity contribution in [1.29, 1.82) is 0 Å². The first kappa shape index (κ1) is 11.0. The number of allylic oxidation sites excluding steroid dienone is 4. The van der Waals surface area contributed by atoms with Crippen molar-refractivity contribution >= 4 is 6.41 Å². The van der Waals surface area contributed by atoms with Gasteiger partial charge in [0.05, 0.1) is 0 Å². The number of nitrogens with one attached hydrogen (secondary N) is 1. The molecular weight excluding hydrogens is 150 g/mol. The maximum absolute atomic E-state index is 9.91. The van der Waals surface area contributed by atoms with Gasteiger partial charge in [-0.3, -0.25) is 4.79 Å². The minimum absolute atomic E-state index is 0.741. The maximum atomic E-state index is 9.91. The van der Waals surface area contributed by atoms with Crippen LogP contribution in [0.5, 0.6) is 0 Å². The number of carbonyl (C=O) groups is 1. The van der Waals surface area contributed by atoms with Crippen molar-refractivity contribution in [3.8, 4) is 0 Å². The SMILES string of the molecule is C/C=C\C(=C/C)CCCNC=O. The normalized spacial score (nSPS) is 12.0. The predicted octanol–water partition coefficient (Wildman–Crippen LogP) is 2.04. The van der Waals surface area contributed by atoms with E-state index in [1.807, 2.05) is 19.9 Å². The van der Waals surface area contributed by atoms with Crippen LogP contribution in [0.15, 0.2) is 23.8 Å². The molecular formula is C10H17NO. The van der Waals surface area contributed by atoms with Gasteiger partial charge in [-0.2, -0.15) is 0 Å². The van der Waals surface area contributed by atoms with Crippen LogP contribution in [0, 0.1) is 0 Å². The third kappa shape index (κ3) is 5.71. The van der Waals surface area contributed by atoms with Crippen LogP contribution < -0.4 is 5.32 Å². The zero-order valence-corrected chi connectivity index (χ0v) is 7.84. The zero-order chi connectivity index (χ0) is 9.23. The van der Waals surface area contributed by atoms with Gasteiger partial charge in [0.25, 0.3) is 0 Å². The quantitative estimate of drug-likeness (QED) is 0.366. The van der Waals surface area contributed by atoms with Gasteiger partial charge in [-0.05, 0) is 26.7 Å². The topological polar surface area (TPSA) is 29.1 Å². The van der Waals surface area contributed by atoms with Crippen LogP contribution in [-0.2, 0) is 4.79 Å². The molecule has 0 bridgehead atoms. The second kappa shape index (κ2) is 8.05. The average molecular weight is 167 g/mol. The molecule has 0 rings (SSSR count). The van der Waals surface area contributed by atoms with Gasteiger partial charge >= 0.3 is 0 Å². The lowest BCUT2D eigenvalue weighted by Gasteiger charge is -2.00. The summed E-state index contributed by atoms with van der Waals surface area (Å²) >= 11 is 0. The van der Waals surface area contributed by atoms with Crippen LogP contribution in [0.3, 0.4) is 0 Å². The Morgan fingerprint density at radius 1 is 1.42 bits per heavy atom. The first-order valence-corrected chi connectivity index (χ1v) is 4.30. The number of hydrogen-bond acceptors (Lipinski definition) is 1. The molecule has 0 spiro atoms. The third-order valence-electron chi connectivity index (χ3n) is 1.62. The standard InChI is InChI=1S/C10H17NO/c1-3-6-10(4-2)7-5-8-11-9-12/h3-4,6,9H,5,7-8H2,1-2H3,(H,11,12)/b6-3-,10-4+. The molecule has 2 heteroatoms. The van der Waals surface area contributed by atoms with E-state index in [4.69, 9.17) is 0 Å². The van der Waals surface area contributed by atoms with Crippen molar-refractivity contribution in [1.82, 2.24) is 5.32 Å². The summed E-state index contributed by atoms with van der Waals surface area (Å²) in [6, 6.07) is 0. The molecule has 0 aliphatic rings. The molecule has 0 fully saturated rings. The molecule has 0 unspecified atom stereocenters. The highest BCUT2D eigenvalue weighted by Gasteiger charge is 1.90. The summed E-state index contributed by atoms with van der Waals surface area (Å²) in [5.74, 6) is 0. The number of hydrogen-bond donors (Lipinski definition) is 1. The van der Waals surface area contributed by atoms with Gasteiger partial charge in [-0.25, -0.2) is 0 Å². The monoisotopic (exact) mass is 167 g/mol. The minimum Gasteiger partial charge on any atom is -0.359 e. The van der Waals surface area contributed by atoms with E-state index in [0.29, 0.717) is 0 Å². The lowest BCUT2D eigenvalue weighted by molar-refractivity contribution is -0.109. The number of amides is 1. The maximum Gasteiger partial charge on any atom is 0.207 e. The molecule has 0 aromatic rings. The Bertz CT molecular complexity index is 171. The van der Waals surface area contributed by atoms with Crippen LogP contribution in [0.2, 0.25) is 0 Å². The van der Waals surface area contributed by atoms with Gasteiger partial charge in [-0.1, -0.05) is 23.8 Å². The number of rotatable bonds is 6. The van der Waals surface area contributed by atoms with E-state index < -0.39 is 0 Å². The molecule has 0 aromatic heterocycles. The van der Waals surface area contributed by atoms with E-state index in [0.717, 1.165) is 25.8 Å². The molecule has 2 nitrogen and oxygen atoms in total. The van der Waals surface area contributed by atoms with Crippen molar-refractivity contribution in [3.63, 3.8) is 0 Å². The lowest BCUT2D eigenvalue weighted by Crippen LogP contribution is -2.11. The molecule has 0 heterocycles. The Morgan fingerprint density at radius 2 is 2.17 bits per heavy atom. The van der Waals surface area contributed by atoms with Crippen molar-refractivity contribution < 1.29 is 4.79 Å². The fourth-order valence-electron chi connectivity index (χ4n) is 0.991. The van der Waals surface area contributed by atoms with Gasteiger partial charge in [0.15, 0.2) is 0 Å². The second-order valence-corrected chi connectivity index (χ2v) is 2.54. The second-order valence-electron chi connectivity index (χ2n) is 2.54. The van der Waals surface area contributed by atoms with Crippen molar-refractivity contribution in [3.05, 3.63) is 23.8 Å². The first-order valence-electron chi connectivity index (χ1n) is 4.30. The van der Waals surface area contributed by atoms with Crippen LogP contribution in [0.25, 0.3) is 0 Å². The summed E-state index contributed by atoms with van der Waals surface area (Å²) < 4.78 is 0. The van der Waals surface area contributed by atoms with Crippen LogP contribution in [0.1, 0.15) is 26.7 Å². The fraction of sp³-hybridized carbons (Fsp3) is 0.500. The molecule has 12 heavy (non-hydrogen) atoms. The molecule has 1 amide bonds. The summed E-state index contributed by atoms with van der Waals surface area (Å²) in [6.07, 6.45) is 9.00. The summed E-state index contributed by atoms with van der Waals surface area (Å²) in [5, 5.41) is 2.64. The minimum atomic E-state index is 0.741. The molecule has 0 atom stereocenters. The lowest BCUT2D eigenvalue weighted by atomic mass is 10.1. The molecule has 0 aromatic carbocycles. The molecule has 0 aliphatic heterocycles. The third-order valence-corrected chi connectivity index (χ3v) is 1.62. The molecule has 0 radical (unpaired) electrons. The van der Waals surface area contributed by atoms with E-state index in [1.54, 1.807) is 0 Å². The Morgan fingerprint density at radius 3 is 2.67 bits per heavy atom. The molecule has 0 saturated heterocycles. The highest BCUT2D eigenvalue weighted by Crippen LogP contribution is 2.05. The highest BCUT2D eigenvalue weighted by molar-refractivity contribution is 5.45. The van der Waals surface area contributed by atoms with Crippen LogP contribution in [0.4, 0.5) is 0 Å². The molecule has 0 aliphatic carbocycles. The van der Waals surface area contributed by atoms with E-state index in [2.05, 4.69) is 17.5 Å². The van der Waals surface area contributed by atoms with E-state index >= 15 is 0 Å². The molecule has 1 N–H and O–H groups in total. The van der Waals surface area contributed by atoms with Gasteiger partial charge in [0, 0.05) is 6.54 Å². The Hall–Kier alpha value is -1.05. The van der Waals surface area contributed by atoms with Gasteiger partial charge in [0.1, 0.15) is 0 Å². The Kier molecular flexibility index (Phi) is 7.35. The predicted molar refractivity (Wildman–Crippen MR) is 51.9 cm³/mol. The molecule has 68 valence electrons. The van der Waals surface area contributed by atoms with E-state index in [9.17, 15) is 4.79 Å². The zero-order valence-electron chi connectivity index (χ0n) is 7.84. The smallest absolute Gasteiger partial charge is 0.207 e. The van der Waals surface area contributed by atoms with Crippen molar-refractivity contribution in [2.24, 2.45) is 0 Å². The van der Waals surface area contributed by atoms with E-state index in [-0.39, 0.29) is 0 Å². The van der Waals surface area contributed by atoms with Crippen molar-refractivity contribution in [2.45, 2.75) is 26.7 Å². The summed E-state index contributed by atoms with van der Waals surface area (Å²) in [4.78, 5) is 9.91.